The van der Waals surface area contributed by atoms with Gasteiger partial charge in [0.2, 0.25) is 10.0 Å². The minimum absolute atomic E-state index is 0.443. The van der Waals surface area contributed by atoms with E-state index in [9.17, 15) is 8.42 Å². The first-order valence-corrected chi connectivity index (χ1v) is 8.35. The zero-order valence-corrected chi connectivity index (χ0v) is 12.2. The summed E-state index contributed by atoms with van der Waals surface area (Å²) in [5.41, 5.74) is 1.38. The molecule has 1 atom stereocenters. The van der Waals surface area contributed by atoms with Crippen molar-refractivity contribution in [1.82, 2.24) is 15.0 Å². The predicted octanol–water partition coefficient (Wildman–Crippen LogP) is 2.12. The molecule has 1 unspecified atom stereocenters. The van der Waals surface area contributed by atoms with Crippen molar-refractivity contribution < 1.29 is 8.42 Å². The van der Waals surface area contributed by atoms with E-state index in [0.717, 1.165) is 18.5 Å². The van der Waals surface area contributed by atoms with Crippen molar-refractivity contribution in [3.63, 3.8) is 0 Å². The zero-order chi connectivity index (χ0) is 14.7. The van der Waals surface area contributed by atoms with E-state index in [2.05, 4.69) is 15.0 Å². The third-order valence-electron chi connectivity index (χ3n) is 3.42. The van der Waals surface area contributed by atoms with Crippen LogP contribution in [-0.4, -0.2) is 28.7 Å². The van der Waals surface area contributed by atoms with Gasteiger partial charge in [-0.25, -0.2) is 13.1 Å². The monoisotopic (exact) mass is 304 g/mol. The van der Waals surface area contributed by atoms with Crippen LogP contribution in [0, 0.1) is 0 Å². The molecule has 7 heteroatoms. The molecule has 0 fully saturated rings. The summed E-state index contributed by atoms with van der Waals surface area (Å²) in [5.74, 6) is 0. The van der Waals surface area contributed by atoms with Crippen LogP contribution in [0.3, 0.4) is 0 Å². The van der Waals surface area contributed by atoms with Crippen molar-refractivity contribution in [1.29, 1.82) is 0 Å². The number of allylic oxidation sites excluding steroid dienone is 1. The number of benzene rings is 1. The third kappa shape index (κ3) is 3.13. The summed E-state index contributed by atoms with van der Waals surface area (Å²) in [6.45, 7) is 0. The summed E-state index contributed by atoms with van der Waals surface area (Å²) >= 11 is 0. The maximum atomic E-state index is 12.3. The SMILES string of the molecule is O=S(=O)(Nc1ccc(-n2ccnn2)cc1)C1C=CCCC1. The lowest BCUT2D eigenvalue weighted by Gasteiger charge is -2.18. The van der Waals surface area contributed by atoms with Gasteiger partial charge in [-0.15, -0.1) is 5.10 Å². The lowest BCUT2D eigenvalue weighted by molar-refractivity contribution is 0.582. The van der Waals surface area contributed by atoms with Gasteiger partial charge in [-0.2, -0.15) is 0 Å². The standard InChI is InChI=1S/C14H16N4O2S/c19-21(20,14-4-2-1-3-5-14)16-12-6-8-13(9-7-12)18-11-10-15-17-18/h2,4,6-11,14,16H,1,3,5H2. The number of sulfonamides is 1. The van der Waals surface area contributed by atoms with Gasteiger partial charge in [0.15, 0.2) is 0 Å². The molecule has 21 heavy (non-hydrogen) atoms. The molecule has 0 spiro atoms. The maximum absolute atomic E-state index is 12.3. The number of rotatable bonds is 4. The fourth-order valence-corrected chi connectivity index (χ4v) is 3.72. The van der Waals surface area contributed by atoms with E-state index < -0.39 is 15.3 Å². The molecule has 0 saturated heterocycles. The van der Waals surface area contributed by atoms with Crippen molar-refractivity contribution in [3.8, 4) is 5.69 Å². The molecule has 1 N–H and O–H groups in total. The van der Waals surface area contributed by atoms with Gasteiger partial charge in [-0.3, -0.25) is 4.72 Å². The first kappa shape index (κ1) is 13.8. The average Bonchev–Trinajstić information content (AvgIpc) is 3.03. The van der Waals surface area contributed by atoms with E-state index in [1.165, 1.54) is 0 Å². The minimum Gasteiger partial charge on any atom is -0.283 e. The summed E-state index contributed by atoms with van der Waals surface area (Å²) in [4.78, 5) is 0. The molecule has 1 aromatic carbocycles. The molecule has 1 aliphatic rings. The Morgan fingerprint density at radius 3 is 2.67 bits per heavy atom. The first-order chi connectivity index (χ1) is 10.1. The normalized spacial score (nSPS) is 18.6. The van der Waals surface area contributed by atoms with Gasteiger partial charge >= 0.3 is 0 Å². The first-order valence-electron chi connectivity index (χ1n) is 6.80. The smallest absolute Gasteiger partial charge is 0.239 e. The van der Waals surface area contributed by atoms with E-state index in [0.29, 0.717) is 12.1 Å². The van der Waals surface area contributed by atoms with Crippen LogP contribution < -0.4 is 4.72 Å². The van der Waals surface area contributed by atoms with Crippen molar-refractivity contribution in [2.24, 2.45) is 0 Å². The quantitative estimate of drug-likeness (QED) is 0.878. The lowest BCUT2D eigenvalue weighted by Crippen LogP contribution is -2.27. The molecule has 110 valence electrons. The largest absolute Gasteiger partial charge is 0.283 e. The second-order valence-corrected chi connectivity index (χ2v) is 6.84. The maximum Gasteiger partial charge on any atom is 0.239 e. The predicted molar refractivity (Wildman–Crippen MR) is 80.7 cm³/mol. The van der Waals surface area contributed by atoms with E-state index in [1.807, 2.05) is 6.08 Å². The van der Waals surface area contributed by atoms with Crippen LogP contribution in [-0.2, 0) is 10.0 Å². The van der Waals surface area contributed by atoms with Gasteiger partial charge in [0.1, 0.15) is 0 Å². The molecule has 1 heterocycles. The number of nitrogens with zero attached hydrogens (tertiary/aromatic N) is 3. The number of hydrogen-bond acceptors (Lipinski definition) is 4. The molecular weight excluding hydrogens is 288 g/mol. The van der Waals surface area contributed by atoms with Crippen LogP contribution in [0.4, 0.5) is 5.69 Å². The second-order valence-electron chi connectivity index (χ2n) is 4.94. The Bertz CT molecular complexity index is 721. The Balaban J connectivity index is 1.76. The summed E-state index contributed by atoms with van der Waals surface area (Å²) in [6.07, 6.45) is 9.56. The molecule has 1 aromatic heterocycles. The van der Waals surface area contributed by atoms with Crippen LogP contribution in [0.5, 0.6) is 0 Å². The number of aromatic nitrogens is 3. The molecule has 0 radical (unpaired) electrons. The summed E-state index contributed by atoms with van der Waals surface area (Å²) < 4.78 is 28.8. The Labute approximate surface area is 123 Å². The minimum atomic E-state index is -3.37. The van der Waals surface area contributed by atoms with Gasteiger partial charge in [-0.05, 0) is 43.5 Å². The third-order valence-corrected chi connectivity index (χ3v) is 5.13. The van der Waals surface area contributed by atoms with E-state index >= 15 is 0 Å². The molecule has 0 aliphatic heterocycles. The molecule has 1 aliphatic carbocycles. The summed E-state index contributed by atoms with van der Waals surface area (Å²) in [5, 5.41) is 7.18. The summed E-state index contributed by atoms with van der Waals surface area (Å²) in [6, 6.07) is 7.04. The highest BCUT2D eigenvalue weighted by Gasteiger charge is 2.23. The molecule has 0 bridgehead atoms. The molecule has 2 aromatic rings. The fraction of sp³-hybridized carbons (Fsp3) is 0.286. The molecular formula is C14H16N4O2S. The molecule has 0 saturated carbocycles. The number of hydrogen-bond donors (Lipinski definition) is 1. The van der Waals surface area contributed by atoms with Crippen molar-refractivity contribution in [3.05, 3.63) is 48.8 Å². The highest BCUT2D eigenvalue weighted by molar-refractivity contribution is 7.93. The van der Waals surface area contributed by atoms with Gasteiger partial charge in [0.25, 0.3) is 0 Å². The second kappa shape index (κ2) is 5.69. The Morgan fingerprint density at radius 2 is 2.05 bits per heavy atom. The molecule has 0 amide bonds. The van der Waals surface area contributed by atoms with E-state index in [-0.39, 0.29) is 0 Å². The van der Waals surface area contributed by atoms with Gasteiger partial charge in [-0.1, -0.05) is 17.4 Å². The van der Waals surface area contributed by atoms with Crippen LogP contribution in [0.15, 0.2) is 48.8 Å². The lowest BCUT2D eigenvalue weighted by atomic mass is 10.1. The van der Waals surface area contributed by atoms with Crippen LogP contribution in [0.1, 0.15) is 19.3 Å². The number of nitrogens with one attached hydrogen (secondary N) is 1. The van der Waals surface area contributed by atoms with E-state index in [4.69, 9.17) is 0 Å². The van der Waals surface area contributed by atoms with Gasteiger partial charge in [0, 0.05) is 5.69 Å². The fourth-order valence-electron chi connectivity index (χ4n) is 2.31. The Kier molecular flexibility index (Phi) is 3.74. The summed E-state index contributed by atoms with van der Waals surface area (Å²) in [7, 11) is -3.37. The van der Waals surface area contributed by atoms with Crippen LogP contribution >= 0.6 is 0 Å². The van der Waals surface area contributed by atoms with Crippen molar-refractivity contribution in [2.75, 3.05) is 4.72 Å². The molecule has 6 nitrogen and oxygen atoms in total. The van der Waals surface area contributed by atoms with Crippen LogP contribution in [0.2, 0.25) is 0 Å². The molecule has 3 rings (SSSR count). The Morgan fingerprint density at radius 1 is 1.24 bits per heavy atom. The highest BCUT2D eigenvalue weighted by atomic mass is 32.2. The van der Waals surface area contributed by atoms with Crippen molar-refractivity contribution >= 4 is 15.7 Å². The number of anilines is 1. The van der Waals surface area contributed by atoms with Crippen molar-refractivity contribution in [2.45, 2.75) is 24.5 Å². The van der Waals surface area contributed by atoms with Gasteiger partial charge < -0.3 is 0 Å². The van der Waals surface area contributed by atoms with Crippen LogP contribution in [0.25, 0.3) is 5.69 Å². The highest BCUT2D eigenvalue weighted by Crippen LogP contribution is 2.21. The van der Waals surface area contributed by atoms with E-state index in [1.54, 1.807) is 47.4 Å². The topological polar surface area (TPSA) is 76.9 Å². The Hall–Kier alpha value is -2.15. The van der Waals surface area contributed by atoms with Gasteiger partial charge in [0.05, 0.1) is 23.3 Å². The average molecular weight is 304 g/mol. The zero-order valence-electron chi connectivity index (χ0n) is 11.4.